The highest BCUT2D eigenvalue weighted by Gasteiger charge is 2.22. The fraction of sp³-hybridized carbons (Fsp3) is 0.118. The molecule has 0 radical (unpaired) electrons. The van der Waals surface area contributed by atoms with Gasteiger partial charge in [0, 0.05) is 15.4 Å². The molecule has 1 heterocycles. The van der Waals surface area contributed by atoms with Gasteiger partial charge in [0.2, 0.25) is 0 Å². The maximum atomic E-state index is 12.5. The molecule has 0 bridgehead atoms. The second kappa shape index (κ2) is 6.56. The van der Waals surface area contributed by atoms with Crippen LogP contribution < -0.4 is 10.1 Å². The third-order valence-electron chi connectivity index (χ3n) is 3.75. The number of nitrogens with one attached hydrogen (secondary N) is 1. The monoisotopic (exact) mass is 404 g/mol. The first-order valence-electron chi connectivity index (χ1n) is 7.23. The molecule has 25 heavy (non-hydrogen) atoms. The lowest BCUT2D eigenvalue weighted by molar-refractivity contribution is -0.384. The number of nitro benzene ring substituents is 1. The van der Waals surface area contributed by atoms with E-state index in [4.69, 9.17) is 9.15 Å². The first-order valence-corrected chi connectivity index (χ1v) is 8.02. The van der Waals surface area contributed by atoms with E-state index in [0.29, 0.717) is 16.9 Å². The van der Waals surface area contributed by atoms with Crippen molar-refractivity contribution >= 4 is 44.2 Å². The van der Waals surface area contributed by atoms with E-state index in [-0.39, 0.29) is 17.1 Å². The molecule has 0 aliphatic heterocycles. The highest BCUT2D eigenvalue weighted by Crippen LogP contribution is 2.31. The van der Waals surface area contributed by atoms with Crippen LogP contribution in [0.3, 0.4) is 0 Å². The van der Waals surface area contributed by atoms with Gasteiger partial charge in [-0.25, -0.2) is 0 Å². The molecule has 2 aromatic carbocycles. The SMILES string of the molecule is COc1ccc(NC(=O)c2oc3ccc(Br)cc3c2C)c([N+](=O)[O-])c1. The number of aryl methyl sites for hydroxylation is 1. The summed E-state index contributed by atoms with van der Waals surface area (Å²) in [6.45, 7) is 1.76. The van der Waals surface area contributed by atoms with E-state index in [2.05, 4.69) is 21.2 Å². The number of hydrogen-bond donors (Lipinski definition) is 1. The number of benzene rings is 2. The van der Waals surface area contributed by atoms with E-state index in [1.165, 1.54) is 25.3 Å². The van der Waals surface area contributed by atoms with E-state index in [1.807, 2.05) is 6.07 Å². The normalized spacial score (nSPS) is 10.7. The number of nitrogens with zero attached hydrogens (tertiary/aromatic N) is 1. The van der Waals surface area contributed by atoms with Crippen molar-refractivity contribution < 1.29 is 18.9 Å². The van der Waals surface area contributed by atoms with Crippen LogP contribution in [-0.4, -0.2) is 17.9 Å². The van der Waals surface area contributed by atoms with E-state index < -0.39 is 10.8 Å². The Kier molecular flexibility index (Phi) is 4.45. The molecule has 0 unspecified atom stereocenters. The highest BCUT2D eigenvalue weighted by atomic mass is 79.9. The van der Waals surface area contributed by atoms with Gasteiger partial charge in [0.25, 0.3) is 11.6 Å². The van der Waals surface area contributed by atoms with Gasteiger partial charge < -0.3 is 14.5 Å². The van der Waals surface area contributed by atoms with E-state index in [1.54, 1.807) is 19.1 Å². The zero-order valence-corrected chi connectivity index (χ0v) is 14.9. The molecule has 0 saturated heterocycles. The number of nitro groups is 1. The summed E-state index contributed by atoms with van der Waals surface area (Å²) in [5.74, 6) is -0.120. The summed E-state index contributed by atoms with van der Waals surface area (Å²) in [5, 5.41) is 14.6. The lowest BCUT2D eigenvalue weighted by Gasteiger charge is -2.06. The van der Waals surface area contributed by atoms with Gasteiger partial charge in [0.05, 0.1) is 18.1 Å². The number of amides is 1. The van der Waals surface area contributed by atoms with Crippen LogP contribution in [-0.2, 0) is 0 Å². The van der Waals surface area contributed by atoms with Crippen LogP contribution in [0.4, 0.5) is 11.4 Å². The Balaban J connectivity index is 1.98. The minimum atomic E-state index is -0.583. The van der Waals surface area contributed by atoms with Crippen molar-refractivity contribution in [2.24, 2.45) is 0 Å². The van der Waals surface area contributed by atoms with Crippen molar-refractivity contribution in [2.75, 3.05) is 12.4 Å². The third kappa shape index (κ3) is 3.20. The summed E-state index contributed by atoms with van der Waals surface area (Å²) in [7, 11) is 1.41. The number of halogens is 1. The van der Waals surface area contributed by atoms with Crippen molar-refractivity contribution in [3.8, 4) is 5.75 Å². The number of fused-ring (bicyclic) bond motifs is 1. The molecule has 128 valence electrons. The van der Waals surface area contributed by atoms with Gasteiger partial charge in [0.15, 0.2) is 5.76 Å². The molecular weight excluding hydrogens is 392 g/mol. The Labute approximate surface area is 150 Å². The smallest absolute Gasteiger partial charge is 0.296 e. The summed E-state index contributed by atoms with van der Waals surface area (Å²) in [6, 6.07) is 9.61. The van der Waals surface area contributed by atoms with Crippen LogP contribution >= 0.6 is 15.9 Å². The molecule has 3 aromatic rings. The van der Waals surface area contributed by atoms with Crippen LogP contribution in [0.25, 0.3) is 11.0 Å². The number of hydrogen-bond acceptors (Lipinski definition) is 5. The largest absolute Gasteiger partial charge is 0.496 e. The van der Waals surface area contributed by atoms with Crippen molar-refractivity contribution in [2.45, 2.75) is 6.92 Å². The predicted molar refractivity (Wildman–Crippen MR) is 96.3 cm³/mol. The van der Waals surface area contributed by atoms with Crippen LogP contribution in [0.2, 0.25) is 0 Å². The molecule has 1 N–H and O–H groups in total. The lowest BCUT2D eigenvalue weighted by Crippen LogP contribution is -2.13. The molecule has 0 aliphatic rings. The fourth-order valence-electron chi connectivity index (χ4n) is 2.48. The first kappa shape index (κ1) is 17.0. The number of carbonyl (C=O) groups excluding carboxylic acids is 1. The molecule has 0 spiro atoms. The second-order valence-corrected chi connectivity index (χ2v) is 6.21. The molecule has 0 fully saturated rings. The van der Waals surface area contributed by atoms with Crippen LogP contribution in [0, 0.1) is 17.0 Å². The Hall–Kier alpha value is -2.87. The fourth-order valence-corrected chi connectivity index (χ4v) is 2.85. The number of ether oxygens (including phenoxy) is 1. The molecular formula is C17H13BrN2O5. The van der Waals surface area contributed by atoms with Crippen LogP contribution in [0.5, 0.6) is 5.75 Å². The van der Waals surface area contributed by atoms with Crippen LogP contribution in [0.1, 0.15) is 16.1 Å². The number of methoxy groups -OCH3 is 1. The van der Waals surface area contributed by atoms with Crippen LogP contribution in [0.15, 0.2) is 45.3 Å². The van der Waals surface area contributed by atoms with Gasteiger partial charge in [-0.2, -0.15) is 0 Å². The molecule has 1 amide bonds. The Morgan fingerprint density at radius 2 is 2.04 bits per heavy atom. The number of furan rings is 1. The zero-order chi connectivity index (χ0) is 18.1. The van der Waals surface area contributed by atoms with Gasteiger partial charge in [0.1, 0.15) is 17.0 Å². The number of carbonyl (C=O) groups is 1. The third-order valence-corrected chi connectivity index (χ3v) is 4.25. The van der Waals surface area contributed by atoms with Crippen molar-refractivity contribution in [1.29, 1.82) is 0 Å². The van der Waals surface area contributed by atoms with Crippen molar-refractivity contribution in [1.82, 2.24) is 0 Å². The van der Waals surface area contributed by atoms with E-state index in [9.17, 15) is 14.9 Å². The highest BCUT2D eigenvalue weighted by molar-refractivity contribution is 9.10. The zero-order valence-electron chi connectivity index (χ0n) is 13.3. The molecule has 3 rings (SSSR count). The standard InChI is InChI=1S/C17H13BrN2O5/c1-9-12-7-10(18)3-6-15(12)25-16(9)17(21)19-13-5-4-11(24-2)8-14(13)20(22)23/h3-8H,1-2H3,(H,19,21). The molecule has 0 saturated carbocycles. The summed E-state index contributed by atoms with van der Waals surface area (Å²) in [4.78, 5) is 23.2. The van der Waals surface area contributed by atoms with E-state index in [0.717, 1.165) is 9.86 Å². The van der Waals surface area contributed by atoms with Gasteiger partial charge in [-0.15, -0.1) is 0 Å². The average molecular weight is 405 g/mol. The second-order valence-electron chi connectivity index (χ2n) is 5.29. The molecule has 8 heteroatoms. The Bertz CT molecular complexity index is 996. The number of rotatable bonds is 4. The maximum Gasteiger partial charge on any atom is 0.296 e. The average Bonchev–Trinajstić information content (AvgIpc) is 2.91. The van der Waals surface area contributed by atoms with Gasteiger partial charge in [-0.3, -0.25) is 14.9 Å². The topological polar surface area (TPSA) is 94.6 Å². The quantitative estimate of drug-likeness (QED) is 0.503. The van der Waals surface area contributed by atoms with Gasteiger partial charge in [-0.1, -0.05) is 15.9 Å². The maximum absolute atomic E-state index is 12.5. The van der Waals surface area contributed by atoms with Gasteiger partial charge in [-0.05, 0) is 37.3 Å². The lowest BCUT2D eigenvalue weighted by atomic mass is 10.1. The summed E-state index contributed by atoms with van der Waals surface area (Å²) in [6.07, 6.45) is 0. The molecule has 0 atom stereocenters. The molecule has 1 aromatic heterocycles. The van der Waals surface area contributed by atoms with Crippen molar-refractivity contribution in [3.63, 3.8) is 0 Å². The first-order chi connectivity index (χ1) is 11.9. The Morgan fingerprint density at radius 3 is 2.72 bits per heavy atom. The molecule has 0 aliphatic carbocycles. The molecule has 7 nitrogen and oxygen atoms in total. The van der Waals surface area contributed by atoms with E-state index >= 15 is 0 Å². The summed E-state index contributed by atoms with van der Waals surface area (Å²) < 4.78 is 11.4. The Morgan fingerprint density at radius 1 is 1.28 bits per heavy atom. The predicted octanol–water partition coefficient (Wildman–Crippen LogP) is 4.67. The minimum Gasteiger partial charge on any atom is -0.496 e. The summed E-state index contributed by atoms with van der Waals surface area (Å²) in [5.41, 5.74) is 1.03. The summed E-state index contributed by atoms with van der Waals surface area (Å²) >= 11 is 3.38. The number of anilines is 1. The van der Waals surface area contributed by atoms with Crippen molar-refractivity contribution in [3.05, 3.63) is 62.3 Å². The van der Waals surface area contributed by atoms with Gasteiger partial charge >= 0.3 is 0 Å². The minimum absolute atomic E-state index is 0.0665.